The van der Waals surface area contributed by atoms with Gasteiger partial charge in [0.1, 0.15) is 6.04 Å². The number of nitrogens with zero attached hydrogens (tertiary/aromatic N) is 1. The van der Waals surface area contributed by atoms with E-state index >= 15 is 0 Å². The van der Waals surface area contributed by atoms with Crippen LogP contribution >= 0.6 is 0 Å². The molecule has 1 saturated carbocycles. The largest absolute Gasteiger partial charge is 0.465 e. The Morgan fingerprint density at radius 2 is 2.00 bits per heavy atom. The fraction of sp³-hybridized carbons (Fsp3) is 0.867. The van der Waals surface area contributed by atoms with E-state index in [1.165, 1.54) is 43.4 Å². The van der Waals surface area contributed by atoms with Crippen LogP contribution in [-0.4, -0.2) is 40.6 Å². The third-order valence-corrected chi connectivity index (χ3v) is 4.68. The predicted octanol–water partition coefficient (Wildman–Crippen LogP) is 2.60. The van der Waals surface area contributed by atoms with Crippen molar-refractivity contribution in [1.82, 2.24) is 10.2 Å². The summed E-state index contributed by atoms with van der Waals surface area (Å²) in [7, 11) is 0. The van der Waals surface area contributed by atoms with Crippen molar-refractivity contribution in [2.45, 2.75) is 70.4 Å². The molecule has 2 rings (SSSR count). The van der Waals surface area contributed by atoms with E-state index in [0.717, 1.165) is 18.8 Å². The van der Waals surface area contributed by atoms with Gasteiger partial charge in [-0.15, -0.1) is 0 Å². The van der Waals surface area contributed by atoms with Crippen LogP contribution in [0.1, 0.15) is 58.3 Å². The van der Waals surface area contributed by atoms with Crippen molar-refractivity contribution in [2.24, 2.45) is 5.92 Å². The molecular weight excluding hydrogens is 256 g/mol. The first-order valence-electron chi connectivity index (χ1n) is 7.89. The Hall–Kier alpha value is -1.26. The van der Waals surface area contributed by atoms with Crippen LogP contribution in [0, 0.1) is 5.92 Å². The van der Waals surface area contributed by atoms with E-state index < -0.39 is 12.1 Å². The van der Waals surface area contributed by atoms with Crippen LogP contribution in [0.2, 0.25) is 0 Å². The molecule has 2 N–H and O–H groups in total. The van der Waals surface area contributed by atoms with Gasteiger partial charge in [-0.25, -0.2) is 4.79 Å². The number of carbonyl (C=O) groups excluding carboxylic acids is 1. The lowest BCUT2D eigenvalue weighted by molar-refractivity contribution is -0.135. The van der Waals surface area contributed by atoms with Crippen molar-refractivity contribution in [1.29, 1.82) is 0 Å². The fourth-order valence-corrected chi connectivity index (χ4v) is 3.48. The number of unbranched alkanes of at least 4 members (excludes halogenated alkanes) is 1. The van der Waals surface area contributed by atoms with Crippen molar-refractivity contribution < 1.29 is 14.7 Å². The first-order chi connectivity index (χ1) is 9.59. The minimum Gasteiger partial charge on any atom is -0.465 e. The number of carbonyl (C=O) groups is 2. The lowest BCUT2D eigenvalue weighted by Gasteiger charge is -2.40. The van der Waals surface area contributed by atoms with Gasteiger partial charge in [-0.1, -0.05) is 44.9 Å². The molecule has 2 fully saturated rings. The van der Waals surface area contributed by atoms with Crippen molar-refractivity contribution >= 4 is 12.0 Å². The molecule has 0 bridgehead atoms. The van der Waals surface area contributed by atoms with E-state index in [1.54, 1.807) is 0 Å². The highest BCUT2D eigenvalue weighted by molar-refractivity contribution is 5.91. The number of hydrogen-bond acceptors (Lipinski definition) is 2. The molecular formula is C15H26N2O3. The number of β-lactam (4-membered cyclic amide) rings is 1. The Balaban J connectivity index is 1.70. The standard InChI is InChI=1S/C15H26N2O3/c1-11-13(14(18)16-11)17(15(19)20)10-6-5-9-12-7-3-2-4-8-12/h11-13H,2-10H2,1H3,(H,16,18)(H,19,20). The second-order valence-corrected chi connectivity index (χ2v) is 6.22. The molecule has 0 spiro atoms. The molecule has 0 aromatic carbocycles. The smallest absolute Gasteiger partial charge is 0.408 e. The maximum atomic E-state index is 11.5. The second-order valence-electron chi connectivity index (χ2n) is 6.22. The maximum Gasteiger partial charge on any atom is 0.408 e. The molecule has 0 radical (unpaired) electrons. The summed E-state index contributed by atoms with van der Waals surface area (Å²) in [6, 6.07) is -0.542. The van der Waals surface area contributed by atoms with Crippen molar-refractivity contribution in [3.05, 3.63) is 0 Å². The minimum atomic E-state index is -0.977. The van der Waals surface area contributed by atoms with Gasteiger partial charge in [0, 0.05) is 6.54 Å². The Morgan fingerprint density at radius 3 is 2.55 bits per heavy atom. The van der Waals surface area contributed by atoms with Crippen LogP contribution < -0.4 is 5.32 Å². The molecule has 2 atom stereocenters. The summed E-state index contributed by atoms with van der Waals surface area (Å²) < 4.78 is 0. The number of nitrogens with one attached hydrogen (secondary N) is 1. The Bertz CT molecular complexity index is 353. The van der Waals surface area contributed by atoms with Gasteiger partial charge in [0.05, 0.1) is 6.04 Å². The van der Waals surface area contributed by atoms with Crippen LogP contribution in [0.25, 0.3) is 0 Å². The van der Waals surface area contributed by atoms with Crippen LogP contribution in [0.15, 0.2) is 0 Å². The molecule has 114 valence electrons. The number of amides is 2. The Labute approximate surface area is 120 Å². The van der Waals surface area contributed by atoms with Crippen molar-refractivity contribution in [3.63, 3.8) is 0 Å². The third-order valence-electron chi connectivity index (χ3n) is 4.68. The van der Waals surface area contributed by atoms with E-state index in [2.05, 4.69) is 5.32 Å². The van der Waals surface area contributed by atoms with Crippen molar-refractivity contribution in [3.8, 4) is 0 Å². The van der Waals surface area contributed by atoms with Crippen LogP contribution in [0.5, 0.6) is 0 Å². The first kappa shape index (κ1) is 15.1. The SMILES string of the molecule is CC1NC(=O)C1N(CCCCC1CCCCC1)C(=O)O. The van der Waals surface area contributed by atoms with E-state index in [-0.39, 0.29) is 11.9 Å². The molecule has 20 heavy (non-hydrogen) atoms. The molecule has 1 heterocycles. The monoisotopic (exact) mass is 282 g/mol. The van der Waals surface area contributed by atoms with Gasteiger partial charge in [-0.3, -0.25) is 9.69 Å². The minimum absolute atomic E-state index is 0.0584. The van der Waals surface area contributed by atoms with Crippen molar-refractivity contribution in [2.75, 3.05) is 6.54 Å². The lowest BCUT2D eigenvalue weighted by Crippen LogP contribution is -2.68. The van der Waals surface area contributed by atoms with Crippen LogP contribution in [-0.2, 0) is 4.79 Å². The average Bonchev–Trinajstić information content (AvgIpc) is 2.43. The summed E-state index contributed by atoms with van der Waals surface area (Å²) in [6.07, 6.45) is 8.91. The molecule has 1 aliphatic carbocycles. The summed E-state index contributed by atoms with van der Waals surface area (Å²) in [5.41, 5.74) is 0. The molecule has 0 aromatic rings. The van der Waals surface area contributed by atoms with Gasteiger partial charge in [0.2, 0.25) is 5.91 Å². The second kappa shape index (κ2) is 6.95. The first-order valence-corrected chi connectivity index (χ1v) is 7.89. The molecule has 1 saturated heterocycles. The summed E-state index contributed by atoms with van der Waals surface area (Å²) >= 11 is 0. The maximum absolute atomic E-state index is 11.5. The summed E-state index contributed by atoms with van der Waals surface area (Å²) in [5.74, 6) is 0.681. The topological polar surface area (TPSA) is 69.6 Å². The predicted molar refractivity (Wildman–Crippen MR) is 76.5 cm³/mol. The normalized spacial score (nSPS) is 26.8. The zero-order valence-electron chi connectivity index (χ0n) is 12.3. The number of rotatable bonds is 6. The number of carboxylic acid groups (broad SMARTS) is 1. The Kier molecular flexibility index (Phi) is 5.26. The lowest BCUT2D eigenvalue weighted by atomic mass is 9.86. The molecule has 2 aliphatic rings. The number of hydrogen-bond donors (Lipinski definition) is 2. The van der Waals surface area contributed by atoms with Gasteiger partial charge in [-0.05, 0) is 19.3 Å². The van der Waals surface area contributed by atoms with Gasteiger partial charge < -0.3 is 10.4 Å². The Morgan fingerprint density at radius 1 is 1.30 bits per heavy atom. The quantitative estimate of drug-likeness (QED) is 0.581. The highest BCUT2D eigenvalue weighted by Crippen LogP contribution is 2.27. The van der Waals surface area contributed by atoms with Gasteiger partial charge in [-0.2, -0.15) is 0 Å². The van der Waals surface area contributed by atoms with Gasteiger partial charge in [0.15, 0.2) is 0 Å². The highest BCUT2D eigenvalue weighted by Gasteiger charge is 2.42. The molecule has 5 nitrogen and oxygen atoms in total. The van der Waals surface area contributed by atoms with Gasteiger partial charge >= 0.3 is 6.09 Å². The highest BCUT2D eigenvalue weighted by atomic mass is 16.4. The summed E-state index contributed by atoms with van der Waals surface area (Å²) in [5, 5.41) is 11.9. The molecule has 0 aromatic heterocycles. The van der Waals surface area contributed by atoms with E-state index in [1.807, 2.05) is 6.92 Å². The van der Waals surface area contributed by atoms with Crippen LogP contribution in [0.3, 0.4) is 0 Å². The third kappa shape index (κ3) is 3.64. The summed E-state index contributed by atoms with van der Waals surface area (Å²) in [6.45, 7) is 2.33. The van der Waals surface area contributed by atoms with Crippen LogP contribution in [0.4, 0.5) is 4.79 Å². The molecule has 2 unspecified atom stereocenters. The average molecular weight is 282 g/mol. The van der Waals surface area contributed by atoms with E-state index in [9.17, 15) is 14.7 Å². The van der Waals surface area contributed by atoms with E-state index in [4.69, 9.17) is 0 Å². The van der Waals surface area contributed by atoms with Gasteiger partial charge in [0.25, 0.3) is 0 Å². The molecule has 1 aliphatic heterocycles. The summed E-state index contributed by atoms with van der Waals surface area (Å²) in [4.78, 5) is 24.0. The zero-order chi connectivity index (χ0) is 14.5. The fourth-order valence-electron chi connectivity index (χ4n) is 3.48. The molecule has 5 heteroatoms. The van der Waals surface area contributed by atoms with E-state index in [0.29, 0.717) is 6.54 Å². The molecule has 2 amide bonds. The zero-order valence-corrected chi connectivity index (χ0v) is 12.3.